The molecule has 0 aromatic carbocycles. The molecule has 18 nitrogen and oxygen atoms in total. The summed E-state index contributed by atoms with van der Waals surface area (Å²) >= 11 is 0. The van der Waals surface area contributed by atoms with Crippen LogP contribution in [0.25, 0.3) is 0 Å². The Balaban J connectivity index is 1.04. The molecule has 0 aromatic rings. The van der Waals surface area contributed by atoms with Gasteiger partial charge in [0, 0.05) is 12.8 Å². The maximum absolute atomic E-state index is 12.4. The van der Waals surface area contributed by atoms with E-state index < -0.39 is 121 Å². The molecule has 5 saturated carbocycles. The number of esters is 1. The van der Waals surface area contributed by atoms with Gasteiger partial charge in [0.05, 0.1) is 54.9 Å². The summed E-state index contributed by atoms with van der Waals surface area (Å²) in [5.41, 5.74) is -3.49. The lowest BCUT2D eigenvalue weighted by Gasteiger charge is -2.65. The Morgan fingerprint density at radius 3 is 2.00 bits per heavy atom. The van der Waals surface area contributed by atoms with E-state index >= 15 is 0 Å². The van der Waals surface area contributed by atoms with Crippen LogP contribution in [0.1, 0.15) is 120 Å². The lowest BCUT2D eigenvalue weighted by molar-refractivity contribution is -0.366. The zero-order valence-corrected chi connectivity index (χ0v) is 40.0. The molecule has 0 bridgehead atoms. The second-order valence-corrected chi connectivity index (χ2v) is 24.0. The summed E-state index contributed by atoms with van der Waals surface area (Å²) < 4.78 is 50.5. The summed E-state index contributed by atoms with van der Waals surface area (Å²) in [5, 5.41) is 99.0. The molecule has 11 unspecified atom stereocenters. The van der Waals surface area contributed by atoms with E-state index in [4.69, 9.17) is 37.9 Å². The SMILES string of the molecule is CC(=O)OC1C(O[C@@H]2OC(C)[C@H](O)C(O)C2O)[C@H](O[C@H]2CC[C@]34C[C@]35CC[C@]3(C)C(C6(C)CC[C@@H](C(C)(C)O)O6)[C@H](O)C[C@@]3(C)C5C[C@H](O[C@@H]3OC[C@@H](O)C(O)C3O)C4C2(C)C)OC[C@H]1O. The first-order valence-electron chi connectivity index (χ1n) is 24.5. The van der Waals surface area contributed by atoms with Crippen LogP contribution in [0.3, 0.4) is 0 Å². The largest absolute Gasteiger partial charge is 0.457 e. The van der Waals surface area contributed by atoms with Crippen molar-refractivity contribution < 1.29 is 88.6 Å². The summed E-state index contributed by atoms with van der Waals surface area (Å²) in [7, 11) is 0. The second-order valence-electron chi connectivity index (χ2n) is 24.0. The highest BCUT2D eigenvalue weighted by Gasteiger charge is 2.85. The van der Waals surface area contributed by atoms with Crippen LogP contribution < -0.4 is 0 Å². The number of hydrogen-bond donors (Lipinski definition) is 9. The minimum absolute atomic E-state index is 0.0767. The number of carbonyl (C=O) groups is 1. The Morgan fingerprint density at radius 1 is 0.667 bits per heavy atom. The van der Waals surface area contributed by atoms with Crippen LogP contribution in [0, 0.1) is 44.8 Å². The minimum atomic E-state index is -1.70. The Kier molecular flexibility index (Phi) is 12.6. The second kappa shape index (κ2) is 16.7. The van der Waals surface area contributed by atoms with Crippen molar-refractivity contribution >= 4 is 5.97 Å². The smallest absolute Gasteiger partial charge is 0.303 e. The van der Waals surface area contributed by atoms with Crippen molar-refractivity contribution in [3.8, 4) is 0 Å². The average Bonchev–Trinajstić information content (AvgIpc) is 3.59. The van der Waals surface area contributed by atoms with Crippen molar-refractivity contribution in [1.82, 2.24) is 0 Å². The van der Waals surface area contributed by atoms with Crippen LogP contribution in [0.2, 0.25) is 0 Å². The number of aliphatic hydroxyl groups is 9. The van der Waals surface area contributed by atoms with E-state index in [0.717, 1.165) is 32.1 Å². The summed E-state index contributed by atoms with van der Waals surface area (Å²) in [6, 6.07) is 0. The molecule has 66 heavy (non-hydrogen) atoms. The van der Waals surface area contributed by atoms with Crippen molar-refractivity contribution in [2.75, 3.05) is 13.2 Å². The molecule has 378 valence electrons. The Morgan fingerprint density at radius 2 is 1.33 bits per heavy atom. The quantitative estimate of drug-likeness (QED) is 0.114. The molecular weight excluding hydrogens is 865 g/mol. The van der Waals surface area contributed by atoms with Gasteiger partial charge in [-0.25, -0.2) is 0 Å². The highest BCUT2D eigenvalue weighted by atomic mass is 16.8. The van der Waals surface area contributed by atoms with Crippen molar-refractivity contribution in [2.24, 2.45) is 44.8 Å². The molecule has 4 aliphatic heterocycles. The van der Waals surface area contributed by atoms with E-state index in [1.54, 1.807) is 13.8 Å². The van der Waals surface area contributed by atoms with Crippen molar-refractivity contribution in [3.05, 3.63) is 0 Å². The fourth-order valence-corrected chi connectivity index (χ4v) is 16.3. The van der Waals surface area contributed by atoms with Crippen LogP contribution in [-0.4, -0.2) is 181 Å². The monoisotopic (exact) mass is 943 g/mol. The van der Waals surface area contributed by atoms with Gasteiger partial charge in [0.15, 0.2) is 31.1 Å². The zero-order valence-electron chi connectivity index (χ0n) is 40.0. The highest BCUT2D eigenvalue weighted by Crippen LogP contribution is 2.89. The lowest BCUT2D eigenvalue weighted by Crippen LogP contribution is -2.65. The molecule has 0 aromatic heterocycles. The molecule has 4 saturated heterocycles. The molecule has 2 spiro atoms. The van der Waals surface area contributed by atoms with Gasteiger partial charge in [0.25, 0.3) is 0 Å². The van der Waals surface area contributed by atoms with Crippen molar-refractivity contribution in [3.63, 3.8) is 0 Å². The number of carbonyl (C=O) groups excluding carboxylic acids is 1. The number of aliphatic hydroxyl groups excluding tert-OH is 8. The summed E-state index contributed by atoms with van der Waals surface area (Å²) in [4.78, 5) is 12.4. The van der Waals surface area contributed by atoms with E-state index in [2.05, 4.69) is 34.6 Å². The van der Waals surface area contributed by atoms with Gasteiger partial charge in [0.2, 0.25) is 0 Å². The molecule has 4 heterocycles. The summed E-state index contributed by atoms with van der Waals surface area (Å²) in [5.74, 6) is -1.03. The predicted octanol–water partition coefficient (Wildman–Crippen LogP) is 0.786. The van der Waals surface area contributed by atoms with Gasteiger partial charge in [0.1, 0.15) is 42.7 Å². The van der Waals surface area contributed by atoms with Crippen LogP contribution in [0.15, 0.2) is 0 Å². The Labute approximate surface area is 387 Å². The third kappa shape index (κ3) is 7.43. The predicted molar refractivity (Wildman–Crippen MR) is 229 cm³/mol. The molecule has 18 heteroatoms. The first-order chi connectivity index (χ1) is 30.7. The van der Waals surface area contributed by atoms with E-state index in [1.165, 1.54) is 13.8 Å². The molecule has 0 radical (unpaired) electrons. The molecule has 5 aliphatic carbocycles. The van der Waals surface area contributed by atoms with Crippen LogP contribution in [-0.2, 0) is 42.7 Å². The first kappa shape index (κ1) is 49.8. The van der Waals surface area contributed by atoms with Gasteiger partial charge in [-0.2, -0.15) is 0 Å². The highest BCUT2D eigenvalue weighted by molar-refractivity contribution is 5.66. The average molecular weight is 943 g/mol. The number of fused-ring (bicyclic) bond motifs is 2. The van der Waals surface area contributed by atoms with E-state index in [0.29, 0.717) is 25.7 Å². The standard InChI is InChI=1S/C48H78O18/c1-21-30(53)32(55)34(57)40(61-21)65-36-35(62-22(2)49)25(52)19-60-41(36)64-28-11-13-48-20-47(48)15-14-44(7)37(46(9)12-10-29(66-46)43(5,6)58)23(50)17-45(44,8)27(47)16-26(38(48)42(28,3)4)63-39-33(56)31(54)24(51)18-59-39/h21,23-41,50-58H,10-20H2,1-9H3/t21?,23-,24-,25-,26+,27?,28+,29+,30+,31?,32?,33?,34?,35?,36?,37?,38?,39+,40+,41+,44-,45+,46?,47+,48-/m1/s1. The summed E-state index contributed by atoms with van der Waals surface area (Å²) in [6.07, 6.45) is -13.6. The fraction of sp³-hybridized carbons (Fsp3) is 0.979. The number of hydrogen-bond acceptors (Lipinski definition) is 18. The van der Waals surface area contributed by atoms with Gasteiger partial charge >= 0.3 is 5.97 Å². The van der Waals surface area contributed by atoms with E-state index in [9.17, 15) is 50.8 Å². The normalized spacial score (nSPS) is 56.7. The van der Waals surface area contributed by atoms with Gasteiger partial charge in [-0.1, -0.05) is 27.7 Å². The van der Waals surface area contributed by atoms with Crippen molar-refractivity contribution in [2.45, 2.75) is 236 Å². The van der Waals surface area contributed by atoms with Crippen molar-refractivity contribution in [1.29, 1.82) is 0 Å². The molecular formula is C48H78O18. The van der Waals surface area contributed by atoms with Gasteiger partial charge < -0.3 is 83.9 Å². The maximum atomic E-state index is 12.4. The third-order valence-electron chi connectivity index (χ3n) is 19.6. The topological polar surface area (TPSA) is 273 Å². The van der Waals surface area contributed by atoms with Crippen LogP contribution in [0.4, 0.5) is 0 Å². The number of ether oxygens (including phenoxy) is 8. The zero-order chi connectivity index (χ0) is 48.1. The lowest BCUT2D eigenvalue weighted by atomic mass is 9.41. The van der Waals surface area contributed by atoms with Crippen LogP contribution in [0.5, 0.6) is 0 Å². The molecule has 9 fully saturated rings. The van der Waals surface area contributed by atoms with Gasteiger partial charge in [-0.3, -0.25) is 4.79 Å². The Bertz CT molecular complexity index is 1810. The Hall–Kier alpha value is -1.17. The molecule has 9 aliphatic rings. The maximum Gasteiger partial charge on any atom is 0.303 e. The van der Waals surface area contributed by atoms with Gasteiger partial charge in [-0.05, 0) is 124 Å². The van der Waals surface area contributed by atoms with Crippen LogP contribution >= 0.6 is 0 Å². The minimum Gasteiger partial charge on any atom is -0.457 e. The molecule has 25 atom stereocenters. The van der Waals surface area contributed by atoms with Gasteiger partial charge in [-0.15, -0.1) is 0 Å². The molecule has 0 amide bonds. The third-order valence-corrected chi connectivity index (χ3v) is 19.6. The summed E-state index contributed by atoms with van der Waals surface area (Å²) in [6.45, 7) is 16.8. The first-order valence-corrected chi connectivity index (χ1v) is 24.5. The number of rotatable bonds is 9. The molecule has 9 rings (SSSR count). The van der Waals surface area contributed by atoms with E-state index in [1.807, 2.05) is 0 Å². The van der Waals surface area contributed by atoms with E-state index in [-0.39, 0.29) is 58.7 Å². The fourth-order valence-electron chi connectivity index (χ4n) is 16.3. The molecule has 9 N–H and O–H groups in total.